The minimum Gasteiger partial charge on any atom is -0.482 e. The van der Waals surface area contributed by atoms with Crippen LogP contribution in [0.1, 0.15) is 20.7 Å². The predicted molar refractivity (Wildman–Crippen MR) is 115 cm³/mol. The van der Waals surface area contributed by atoms with E-state index < -0.39 is 29.3 Å². The first-order valence-electron chi connectivity index (χ1n) is 9.24. The number of benzene rings is 3. The van der Waals surface area contributed by atoms with Crippen LogP contribution in [0, 0.1) is 10.1 Å². The van der Waals surface area contributed by atoms with Gasteiger partial charge in [-0.15, -0.1) is 0 Å². The van der Waals surface area contributed by atoms with Gasteiger partial charge in [0.2, 0.25) is 0 Å². The molecule has 162 valence electrons. The number of non-ortho nitro benzene ring substituents is 1. The number of carbonyl (C=O) groups is 3. The number of nitro groups is 1. The summed E-state index contributed by atoms with van der Waals surface area (Å²) in [4.78, 5) is 45.6. The predicted octanol–water partition coefficient (Wildman–Crippen LogP) is 3.56. The van der Waals surface area contributed by atoms with Crippen molar-refractivity contribution < 1.29 is 29.2 Å². The lowest BCUT2D eigenvalue weighted by atomic mass is 10.1. The molecule has 0 aliphatic carbocycles. The number of carboxylic acids is 1. The Morgan fingerprint density at radius 1 is 0.844 bits per heavy atom. The minimum absolute atomic E-state index is 0.123. The van der Waals surface area contributed by atoms with Crippen LogP contribution in [0.2, 0.25) is 0 Å². The highest BCUT2D eigenvalue weighted by atomic mass is 16.6. The first-order chi connectivity index (χ1) is 15.3. The number of carboxylic acid groups (broad SMARTS) is 1. The van der Waals surface area contributed by atoms with E-state index >= 15 is 0 Å². The van der Waals surface area contributed by atoms with Crippen molar-refractivity contribution in [2.24, 2.45) is 0 Å². The topological polar surface area (TPSA) is 148 Å². The molecule has 0 fully saturated rings. The summed E-state index contributed by atoms with van der Waals surface area (Å²) in [5.74, 6) is -1.64. The SMILES string of the molecule is O=C(O)COc1ccc(NC(=O)c2cccc(NC(=O)c3ccc([N+](=O)[O-])cc3)c2)cc1. The average Bonchev–Trinajstić information content (AvgIpc) is 2.78. The number of anilines is 2. The molecule has 0 aliphatic heterocycles. The van der Waals surface area contributed by atoms with Gasteiger partial charge in [0.05, 0.1) is 4.92 Å². The largest absolute Gasteiger partial charge is 0.482 e. The lowest BCUT2D eigenvalue weighted by Crippen LogP contribution is -2.14. The van der Waals surface area contributed by atoms with Crippen LogP contribution in [-0.2, 0) is 4.79 Å². The maximum Gasteiger partial charge on any atom is 0.341 e. The van der Waals surface area contributed by atoms with Gasteiger partial charge in [-0.25, -0.2) is 4.79 Å². The number of carbonyl (C=O) groups excluding carboxylic acids is 2. The molecule has 0 spiro atoms. The molecule has 32 heavy (non-hydrogen) atoms. The lowest BCUT2D eigenvalue weighted by Gasteiger charge is -2.09. The van der Waals surface area contributed by atoms with Crippen LogP contribution in [0.25, 0.3) is 0 Å². The third kappa shape index (κ3) is 5.89. The molecule has 0 unspecified atom stereocenters. The molecule has 0 aliphatic rings. The number of ether oxygens (including phenoxy) is 1. The Kier molecular flexibility index (Phi) is 6.76. The molecule has 0 saturated carbocycles. The van der Waals surface area contributed by atoms with Crippen molar-refractivity contribution in [3.63, 3.8) is 0 Å². The maximum absolute atomic E-state index is 12.5. The second-order valence-electron chi connectivity index (χ2n) is 6.50. The molecular formula is C22H17N3O7. The van der Waals surface area contributed by atoms with Crippen LogP contribution >= 0.6 is 0 Å². The Morgan fingerprint density at radius 2 is 1.47 bits per heavy atom. The summed E-state index contributed by atoms with van der Waals surface area (Å²) in [6.07, 6.45) is 0. The number of nitro benzene ring substituents is 1. The Morgan fingerprint density at radius 3 is 2.09 bits per heavy atom. The van der Waals surface area contributed by atoms with Crippen molar-refractivity contribution in [3.8, 4) is 5.75 Å². The molecule has 0 radical (unpaired) electrons. The summed E-state index contributed by atoms with van der Waals surface area (Å²) >= 11 is 0. The minimum atomic E-state index is -1.09. The first-order valence-corrected chi connectivity index (χ1v) is 9.24. The van der Waals surface area contributed by atoms with E-state index in [0.717, 1.165) is 0 Å². The zero-order valence-electron chi connectivity index (χ0n) is 16.5. The number of amides is 2. The molecule has 0 aromatic heterocycles. The summed E-state index contributed by atoms with van der Waals surface area (Å²) in [5.41, 5.74) is 1.24. The van der Waals surface area contributed by atoms with Gasteiger partial charge in [0.15, 0.2) is 6.61 Å². The quantitative estimate of drug-likeness (QED) is 0.362. The van der Waals surface area contributed by atoms with Crippen molar-refractivity contribution in [3.05, 3.63) is 94.0 Å². The molecule has 10 nitrogen and oxygen atoms in total. The zero-order chi connectivity index (χ0) is 23.1. The average molecular weight is 435 g/mol. The van der Waals surface area contributed by atoms with Crippen molar-refractivity contribution in [2.45, 2.75) is 0 Å². The molecule has 3 N–H and O–H groups in total. The number of rotatable bonds is 8. The van der Waals surface area contributed by atoms with Crippen LogP contribution in [0.3, 0.4) is 0 Å². The fourth-order valence-electron chi connectivity index (χ4n) is 2.66. The fraction of sp³-hybridized carbons (Fsp3) is 0.0455. The van der Waals surface area contributed by atoms with Gasteiger partial charge in [0.25, 0.3) is 17.5 Å². The van der Waals surface area contributed by atoms with Gasteiger partial charge in [-0.1, -0.05) is 6.07 Å². The zero-order valence-corrected chi connectivity index (χ0v) is 16.5. The highest BCUT2D eigenvalue weighted by Crippen LogP contribution is 2.18. The summed E-state index contributed by atoms with van der Waals surface area (Å²) in [7, 11) is 0. The molecule has 10 heteroatoms. The van der Waals surface area contributed by atoms with E-state index in [4.69, 9.17) is 9.84 Å². The lowest BCUT2D eigenvalue weighted by molar-refractivity contribution is -0.384. The molecule has 3 aromatic rings. The normalized spacial score (nSPS) is 10.1. The Balaban J connectivity index is 1.63. The number of hydrogen-bond acceptors (Lipinski definition) is 6. The molecular weight excluding hydrogens is 418 g/mol. The highest BCUT2D eigenvalue weighted by Gasteiger charge is 2.12. The number of aliphatic carboxylic acids is 1. The van der Waals surface area contributed by atoms with Gasteiger partial charge in [0, 0.05) is 34.6 Å². The molecule has 3 aromatic carbocycles. The summed E-state index contributed by atoms with van der Waals surface area (Å²) in [6, 6.07) is 17.6. The van der Waals surface area contributed by atoms with Gasteiger partial charge in [-0.3, -0.25) is 19.7 Å². The second kappa shape index (κ2) is 9.85. The maximum atomic E-state index is 12.5. The van der Waals surface area contributed by atoms with Crippen LogP contribution in [-0.4, -0.2) is 34.4 Å². The van der Waals surface area contributed by atoms with Crippen molar-refractivity contribution in [1.29, 1.82) is 0 Å². The van der Waals surface area contributed by atoms with Crippen molar-refractivity contribution in [2.75, 3.05) is 17.2 Å². The molecule has 3 rings (SSSR count). The summed E-state index contributed by atoms with van der Waals surface area (Å²) in [6.45, 7) is -0.468. The van der Waals surface area contributed by atoms with E-state index in [2.05, 4.69) is 10.6 Å². The van der Waals surface area contributed by atoms with Gasteiger partial charge in [-0.2, -0.15) is 0 Å². The van der Waals surface area contributed by atoms with Crippen molar-refractivity contribution in [1.82, 2.24) is 0 Å². The Bertz CT molecular complexity index is 1160. The van der Waals surface area contributed by atoms with Crippen LogP contribution in [0.15, 0.2) is 72.8 Å². The fourth-order valence-corrected chi connectivity index (χ4v) is 2.66. The summed E-state index contributed by atoms with van der Waals surface area (Å²) < 4.78 is 5.03. The van der Waals surface area contributed by atoms with Crippen LogP contribution in [0.5, 0.6) is 5.75 Å². The highest BCUT2D eigenvalue weighted by molar-refractivity contribution is 6.07. The van der Waals surface area contributed by atoms with E-state index in [1.165, 1.54) is 42.5 Å². The van der Waals surface area contributed by atoms with E-state index in [0.29, 0.717) is 17.1 Å². The number of nitrogens with one attached hydrogen (secondary N) is 2. The first kappa shape index (κ1) is 22.0. The Hall–Kier alpha value is -4.73. The monoisotopic (exact) mass is 435 g/mol. The summed E-state index contributed by atoms with van der Waals surface area (Å²) in [5, 5.41) is 24.7. The third-order valence-electron chi connectivity index (χ3n) is 4.20. The van der Waals surface area contributed by atoms with Crippen LogP contribution in [0.4, 0.5) is 17.1 Å². The van der Waals surface area contributed by atoms with E-state index in [1.54, 1.807) is 30.3 Å². The van der Waals surface area contributed by atoms with Gasteiger partial charge in [-0.05, 0) is 54.6 Å². The Labute approximate surface area is 181 Å². The van der Waals surface area contributed by atoms with E-state index in [9.17, 15) is 24.5 Å². The van der Waals surface area contributed by atoms with E-state index in [-0.39, 0.29) is 16.8 Å². The molecule has 0 atom stereocenters. The van der Waals surface area contributed by atoms with Gasteiger partial charge < -0.3 is 20.5 Å². The third-order valence-corrected chi connectivity index (χ3v) is 4.20. The van der Waals surface area contributed by atoms with Crippen LogP contribution < -0.4 is 15.4 Å². The smallest absolute Gasteiger partial charge is 0.341 e. The van der Waals surface area contributed by atoms with E-state index in [1.807, 2.05) is 0 Å². The van der Waals surface area contributed by atoms with Gasteiger partial charge in [0.1, 0.15) is 5.75 Å². The molecule has 0 bridgehead atoms. The second-order valence-corrected chi connectivity index (χ2v) is 6.50. The molecule has 2 amide bonds. The number of nitrogens with zero attached hydrogens (tertiary/aromatic N) is 1. The molecule has 0 saturated heterocycles. The molecule has 0 heterocycles. The van der Waals surface area contributed by atoms with Gasteiger partial charge >= 0.3 is 5.97 Å². The van der Waals surface area contributed by atoms with Crippen molar-refractivity contribution >= 4 is 34.8 Å². The number of hydrogen-bond donors (Lipinski definition) is 3. The standard InChI is InChI=1S/C22H17N3O7/c26-20(27)13-32-19-10-6-16(7-11-19)23-22(29)15-2-1-3-17(12-15)24-21(28)14-4-8-18(9-5-14)25(30)31/h1-12H,13H2,(H,23,29)(H,24,28)(H,26,27).